The van der Waals surface area contributed by atoms with Crippen molar-refractivity contribution < 1.29 is 4.79 Å². The molecule has 1 amide bonds. The summed E-state index contributed by atoms with van der Waals surface area (Å²) in [5.41, 5.74) is 1.23. The molecular formula is C21H24ClN3O. The maximum absolute atomic E-state index is 12.3. The van der Waals surface area contributed by atoms with Crippen LogP contribution >= 0.6 is 11.6 Å². The van der Waals surface area contributed by atoms with Gasteiger partial charge in [0.15, 0.2) is 0 Å². The van der Waals surface area contributed by atoms with Gasteiger partial charge in [-0.3, -0.25) is 4.79 Å². The third-order valence-corrected chi connectivity index (χ3v) is 6.54. The zero-order valence-electron chi connectivity index (χ0n) is 15.0. The minimum atomic E-state index is 0.241. The Morgan fingerprint density at radius 3 is 2.85 bits per heavy atom. The number of hydrogen-bond acceptors (Lipinski definition) is 3. The van der Waals surface area contributed by atoms with Crippen molar-refractivity contribution in [2.24, 2.45) is 5.41 Å². The number of piperidine rings is 2. The molecule has 0 bridgehead atoms. The molecular weight excluding hydrogens is 346 g/mol. The number of anilines is 1. The van der Waals surface area contributed by atoms with E-state index >= 15 is 0 Å². The molecule has 136 valence electrons. The maximum Gasteiger partial charge on any atom is 0.222 e. The fourth-order valence-corrected chi connectivity index (χ4v) is 4.94. The molecule has 1 spiro atoms. The van der Waals surface area contributed by atoms with Crippen molar-refractivity contribution >= 4 is 34.2 Å². The lowest BCUT2D eigenvalue weighted by molar-refractivity contribution is -0.138. The third kappa shape index (κ3) is 2.94. The average molecular weight is 370 g/mol. The Morgan fingerprint density at radius 2 is 2.00 bits per heavy atom. The number of carbonyl (C=O) groups is 1. The van der Waals surface area contributed by atoms with E-state index in [2.05, 4.69) is 21.9 Å². The van der Waals surface area contributed by atoms with E-state index in [9.17, 15) is 4.79 Å². The zero-order valence-corrected chi connectivity index (χ0v) is 15.7. The van der Waals surface area contributed by atoms with Gasteiger partial charge in [0.05, 0.1) is 5.52 Å². The second-order valence-electron chi connectivity index (χ2n) is 8.28. The van der Waals surface area contributed by atoms with Crippen LogP contribution in [0.3, 0.4) is 0 Å². The summed E-state index contributed by atoms with van der Waals surface area (Å²) in [4.78, 5) is 21.8. The van der Waals surface area contributed by atoms with E-state index in [1.807, 2.05) is 18.2 Å². The minimum Gasteiger partial charge on any atom is -0.356 e. The first-order chi connectivity index (χ1) is 12.6. The molecule has 1 atom stereocenters. The summed E-state index contributed by atoms with van der Waals surface area (Å²) in [5, 5.41) is 1.83. The topological polar surface area (TPSA) is 36.4 Å². The van der Waals surface area contributed by atoms with E-state index in [1.165, 1.54) is 25.7 Å². The number of nitrogens with zero attached hydrogens (tertiary/aromatic N) is 3. The Labute approximate surface area is 159 Å². The molecule has 1 saturated carbocycles. The predicted molar refractivity (Wildman–Crippen MR) is 105 cm³/mol. The summed E-state index contributed by atoms with van der Waals surface area (Å²) in [7, 11) is 0. The largest absolute Gasteiger partial charge is 0.356 e. The Balaban J connectivity index is 1.40. The molecule has 3 heterocycles. The molecule has 2 aliphatic heterocycles. The maximum atomic E-state index is 12.3. The summed E-state index contributed by atoms with van der Waals surface area (Å²) in [6, 6.07) is 10.6. The van der Waals surface area contributed by atoms with Gasteiger partial charge in [-0.15, -0.1) is 0 Å². The Morgan fingerprint density at radius 1 is 1.12 bits per heavy atom. The predicted octanol–water partition coefficient (Wildman–Crippen LogP) is 4.26. The van der Waals surface area contributed by atoms with E-state index in [0.717, 1.165) is 47.8 Å². The molecule has 5 heteroatoms. The standard InChI is InChI=1S/C21H24ClN3O/c22-16-3-6-18-15(12-16)2-7-19(23-18)24-11-1-9-21(13-24)10-8-20(26)25(14-21)17-4-5-17/h2-3,6-7,12,17H,1,4-5,8-11,13-14H2/t21-/m0/s1. The van der Waals surface area contributed by atoms with Gasteiger partial charge >= 0.3 is 0 Å². The van der Waals surface area contributed by atoms with Crippen LogP contribution in [0.4, 0.5) is 5.82 Å². The van der Waals surface area contributed by atoms with Gasteiger partial charge in [0.2, 0.25) is 5.91 Å². The van der Waals surface area contributed by atoms with E-state index in [1.54, 1.807) is 0 Å². The Hall–Kier alpha value is -1.81. The third-order valence-electron chi connectivity index (χ3n) is 6.30. The van der Waals surface area contributed by atoms with Crippen molar-refractivity contribution in [1.29, 1.82) is 0 Å². The number of halogens is 1. The van der Waals surface area contributed by atoms with E-state index in [4.69, 9.17) is 16.6 Å². The number of amides is 1. The van der Waals surface area contributed by atoms with Crippen molar-refractivity contribution in [3.8, 4) is 0 Å². The van der Waals surface area contributed by atoms with E-state index in [0.29, 0.717) is 18.4 Å². The van der Waals surface area contributed by atoms with E-state index in [-0.39, 0.29) is 5.41 Å². The lowest BCUT2D eigenvalue weighted by atomic mass is 9.73. The number of likely N-dealkylation sites (tertiary alicyclic amines) is 1. The monoisotopic (exact) mass is 369 g/mol. The normalized spacial score (nSPS) is 26.7. The molecule has 3 aliphatic rings. The molecule has 4 nitrogen and oxygen atoms in total. The highest BCUT2D eigenvalue weighted by Crippen LogP contribution is 2.43. The molecule has 0 radical (unpaired) electrons. The van der Waals surface area contributed by atoms with Gasteiger partial charge < -0.3 is 9.80 Å². The van der Waals surface area contributed by atoms with Gasteiger partial charge in [0.25, 0.3) is 0 Å². The molecule has 1 aromatic carbocycles. The molecule has 2 saturated heterocycles. The number of benzene rings is 1. The number of hydrogen-bond donors (Lipinski definition) is 0. The van der Waals surface area contributed by atoms with Crippen LogP contribution in [0.5, 0.6) is 0 Å². The molecule has 0 N–H and O–H groups in total. The fourth-order valence-electron chi connectivity index (χ4n) is 4.76. The highest BCUT2D eigenvalue weighted by molar-refractivity contribution is 6.31. The average Bonchev–Trinajstić information content (AvgIpc) is 3.49. The van der Waals surface area contributed by atoms with Crippen LogP contribution in [-0.4, -0.2) is 41.5 Å². The van der Waals surface area contributed by atoms with Gasteiger partial charge in [0, 0.05) is 47.9 Å². The minimum absolute atomic E-state index is 0.241. The second kappa shape index (κ2) is 6.12. The first-order valence-electron chi connectivity index (χ1n) is 9.73. The van der Waals surface area contributed by atoms with Crippen molar-refractivity contribution in [2.75, 3.05) is 24.5 Å². The number of fused-ring (bicyclic) bond motifs is 1. The summed E-state index contributed by atoms with van der Waals surface area (Å²) < 4.78 is 0. The van der Waals surface area contributed by atoms with E-state index < -0.39 is 0 Å². The van der Waals surface area contributed by atoms with Crippen molar-refractivity contribution in [3.05, 3.63) is 35.4 Å². The van der Waals surface area contributed by atoms with Gasteiger partial charge in [-0.25, -0.2) is 4.98 Å². The smallest absolute Gasteiger partial charge is 0.222 e. The van der Waals surface area contributed by atoms with Crippen LogP contribution in [0.2, 0.25) is 5.02 Å². The highest BCUT2D eigenvalue weighted by Gasteiger charge is 2.45. The van der Waals surface area contributed by atoms with Crippen molar-refractivity contribution in [2.45, 2.75) is 44.6 Å². The van der Waals surface area contributed by atoms with Crippen LogP contribution < -0.4 is 4.90 Å². The number of aromatic nitrogens is 1. The molecule has 5 rings (SSSR count). The molecule has 1 aliphatic carbocycles. The Bertz CT molecular complexity index is 865. The van der Waals surface area contributed by atoms with Gasteiger partial charge in [-0.05, 0) is 62.4 Å². The summed E-state index contributed by atoms with van der Waals surface area (Å²) in [5.74, 6) is 1.42. The quantitative estimate of drug-likeness (QED) is 0.793. The van der Waals surface area contributed by atoms with Crippen LogP contribution in [0.25, 0.3) is 10.9 Å². The molecule has 0 unspecified atom stereocenters. The summed E-state index contributed by atoms with van der Waals surface area (Å²) in [6.45, 7) is 3.00. The summed E-state index contributed by atoms with van der Waals surface area (Å²) in [6.07, 6.45) is 6.53. The summed E-state index contributed by atoms with van der Waals surface area (Å²) >= 11 is 6.09. The van der Waals surface area contributed by atoms with Crippen LogP contribution in [0, 0.1) is 5.41 Å². The van der Waals surface area contributed by atoms with Crippen LogP contribution in [-0.2, 0) is 4.79 Å². The van der Waals surface area contributed by atoms with Gasteiger partial charge in [-0.1, -0.05) is 11.6 Å². The fraction of sp³-hybridized carbons (Fsp3) is 0.524. The SMILES string of the molecule is O=C1CC[C@]2(CCCN(c3ccc4cc(Cl)ccc4n3)C2)CN1C1CC1. The second-order valence-corrected chi connectivity index (χ2v) is 8.72. The van der Waals surface area contributed by atoms with Crippen molar-refractivity contribution in [3.63, 3.8) is 0 Å². The van der Waals surface area contributed by atoms with Crippen LogP contribution in [0.1, 0.15) is 38.5 Å². The number of pyridine rings is 1. The first kappa shape index (κ1) is 16.4. The first-order valence-corrected chi connectivity index (χ1v) is 10.1. The number of carbonyl (C=O) groups excluding carboxylic acids is 1. The van der Waals surface area contributed by atoms with Gasteiger partial charge in [0.1, 0.15) is 5.82 Å². The van der Waals surface area contributed by atoms with Crippen LogP contribution in [0.15, 0.2) is 30.3 Å². The zero-order chi connectivity index (χ0) is 17.7. The Kier molecular flexibility index (Phi) is 3.85. The lowest BCUT2D eigenvalue weighted by Gasteiger charge is -2.48. The highest BCUT2D eigenvalue weighted by atomic mass is 35.5. The van der Waals surface area contributed by atoms with Gasteiger partial charge in [-0.2, -0.15) is 0 Å². The number of rotatable bonds is 2. The molecule has 2 aromatic rings. The lowest BCUT2D eigenvalue weighted by Crippen LogP contribution is -2.54. The van der Waals surface area contributed by atoms with Crippen molar-refractivity contribution in [1.82, 2.24) is 9.88 Å². The molecule has 3 fully saturated rings. The molecule has 1 aromatic heterocycles. The molecule has 26 heavy (non-hydrogen) atoms.